The number of hydrogen-bond acceptors (Lipinski definition) is 2. The molecule has 1 rings (SSSR count). The van der Waals surface area contributed by atoms with E-state index >= 15 is 0 Å². The van der Waals surface area contributed by atoms with Crippen molar-refractivity contribution in [2.24, 2.45) is 5.92 Å². The number of amides is 2. The third-order valence-corrected chi connectivity index (χ3v) is 2.75. The third-order valence-electron chi connectivity index (χ3n) is 2.75. The quantitative estimate of drug-likeness (QED) is 0.823. The average molecular weight is 262 g/mol. The van der Waals surface area contributed by atoms with Crippen molar-refractivity contribution in [3.05, 3.63) is 35.9 Å². The number of nitrogens with one attached hydrogen (secondary N) is 1. The van der Waals surface area contributed by atoms with Gasteiger partial charge in [0.2, 0.25) is 0 Å². The Bertz CT molecular complexity index is 415. The van der Waals surface area contributed by atoms with E-state index in [1.54, 1.807) is 4.90 Å². The van der Waals surface area contributed by atoms with Crippen molar-refractivity contribution >= 4 is 11.8 Å². The minimum Gasteiger partial charge on any atom is -0.348 e. The van der Waals surface area contributed by atoms with E-state index in [4.69, 9.17) is 0 Å². The Morgan fingerprint density at radius 1 is 1.21 bits per heavy atom. The van der Waals surface area contributed by atoms with Gasteiger partial charge in [-0.2, -0.15) is 0 Å². The molecular weight excluding hydrogens is 240 g/mol. The van der Waals surface area contributed by atoms with Crippen molar-refractivity contribution in [3.8, 4) is 0 Å². The van der Waals surface area contributed by atoms with E-state index in [2.05, 4.69) is 5.32 Å². The zero-order chi connectivity index (χ0) is 14.3. The van der Waals surface area contributed by atoms with Gasteiger partial charge in [-0.15, -0.1) is 0 Å². The molecule has 19 heavy (non-hydrogen) atoms. The van der Waals surface area contributed by atoms with Gasteiger partial charge in [-0.1, -0.05) is 44.2 Å². The van der Waals surface area contributed by atoms with Crippen LogP contribution in [0.3, 0.4) is 0 Å². The topological polar surface area (TPSA) is 49.4 Å². The van der Waals surface area contributed by atoms with Crippen LogP contribution < -0.4 is 5.32 Å². The molecule has 1 aromatic rings. The van der Waals surface area contributed by atoms with Crippen LogP contribution in [0, 0.1) is 5.92 Å². The van der Waals surface area contributed by atoms with Gasteiger partial charge in [0.25, 0.3) is 0 Å². The Balaban J connectivity index is 2.59. The minimum absolute atomic E-state index is 0.334. The molecule has 0 fully saturated rings. The SMILES string of the molecule is CCN(Cc1ccccc1)C(=O)C(=O)NCC(C)C. The van der Waals surface area contributed by atoms with Gasteiger partial charge in [0.05, 0.1) is 0 Å². The number of carbonyl (C=O) groups excluding carboxylic acids is 2. The van der Waals surface area contributed by atoms with Crippen LogP contribution in [0.25, 0.3) is 0 Å². The van der Waals surface area contributed by atoms with Crippen LogP contribution in [0.2, 0.25) is 0 Å². The first-order chi connectivity index (χ1) is 9.04. The van der Waals surface area contributed by atoms with Gasteiger partial charge in [0.15, 0.2) is 0 Å². The second-order valence-electron chi connectivity index (χ2n) is 4.91. The summed E-state index contributed by atoms with van der Waals surface area (Å²) in [6, 6.07) is 9.67. The van der Waals surface area contributed by atoms with E-state index in [0.29, 0.717) is 25.6 Å². The summed E-state index contributed by atoms with van der Waals surface area (Å²) in [5.41, 5.74) is 1.02. The number of carbonyl (C=O) groups is 2. The van der Waals surface area contributed by atoms with Crippen LogP contribution in [0.4, 0.5) is 0 Å². The highest BCUT2D eigenvalue weighted by molar-refractivity contribution is 6.34. The second kappa shape index (κ2) is 7.56. The van der Waals surface area contributed by atoms with Gasteiger partial charge in [-0.05, 0) is 18.4 Å². The molecule has 2 amide bonds. The number of hydrogen-bond donors (Lipinski definition) is 1. The monoisotopic (exact) mass is 262 g/mol. The smallest absolute Gasteiger partial charge is 0.312 e. The zero-order valence-electron chi connectivity index (χ0n) is 11.8. The van der Waals surface area contributed by atoms with Crippen molar-refractivity contribution < 1.29 is 9.59 Å². The maximum atomic E-state index is 12.0. The fraction of sp³-hybridized carbons (Fsp3) is 0.467. The Morgan fingerprint density at radius 2 is 1.84 bits per heavy atom. The Kier molecular flexibility index (Phi) is 6.06. The molecular formula is C15H22N2O2. The zero-order valence-corrected chi connectivity index (χ0v) is 11.8. The first kappa shape index (κ1) is 15.2. The predicted octanol–water partition coefficient (Wildman–Crippen LogP) is 1.81. The van der Waals surface area contributed by atoms with Crippen LogP contribution in [-0.2, 0) is 16.1 Å². The number of rotatable bonds is 5. The summed E-state index contributed by atoms with van der Waals surface area (Å²) < 4.78 is 0. The van der Waals surface area contributed by atoms with Crippen molar-refractivity contribution in [2.45, 2.75) is 27.3 Å². The van der Waals surface area contributed by atoms with Crippen molar-refractivity contribution in [3.63, 3.8) is 0 Å². The Hall–Kier alpha value is -1.84. The molecule has 0 heterocycles. The molecule has 0 bridgehead atoms. The van der Waals surface area contributed by atoms with E-state index in [0.717, 1.165) is 5.56 Å². The van der Waals surface area contributed by atoms with E-state index in [1.165, 1.54) is 0 Å². The molecule has 0 saturated carbocycles. The molecule has 1 N–H and O–H groups in total. The van der Waals surface area contributed by atoms with Crippen LogP contribution in [0.15, 0.2) is 30.3 Å². The first-order valence-electron chi connectivity index (χ1n) is 6.65. The lowest BCUT2D eigenvalue weighted by atomic mass is 10.2. The third kappa shape index (κ3) is 5.12. The highest BCUT2D eigenvalue weighted by Gasteiger charge is 2.20. The van der Waals surface area contributed by atoms with E-state index in [9.17, 15) is 9.59 Å². The van der Waals surface area contributed by atoms with Gasteiger partial charge in [-0.25, -0.2) is 0 Å². The molecule has 0 atom stereocenters. The normalized spacial score (nSPS) is 10.3. The second-order valence-corrected chi connectivity index (χ2v) is 4.91. The van der Waals surface area contributed by atoms with Gasteiger partial charge >= 0.3 is 11.8 Å². The maximum absolute atomic E-state index is 12.0. The van der Waals surface area contributed by atoms with Gasteiger partial charge in [0.1, 0.15) is 0 Å². The van der Waals surface area contributed by atoms with Gasteiger partial charge in [0, 0.05) is 19.6 Å². The van der Waals surface area contributed by atoms with Crippen molar-refractivity contribution in [2.75, 3.05) is 13.1 Å². The molecule has 0 aliphatic carbocycles. The lowest BCUT2D eigenvalue weighted by molar-refractivity contribution is -0.146. The molecule has 104 valence electrons. The number of nitrogens with zero attached hydrogens (tertiary/aromatic N) is 1. The molecule has 0 spiro atoms. The molecule has 1 aromatic carbocycles. The maximum Gasteiger partial charge on any atom is 0.312 e. The number of benzene rings is 1. The highest BCUT2D eigenvalue weighted by Crippen LogP contribution is 2.04. The Labute approximate surface area is 114 Å². The van der Waals surface area contributed by atoms with E-state index in [-0.39, 0.29) is 0 Å². The molecule has 0 aliphatic heterocycles. The fourth-order valence-corrected chi connectivity index (χ4v) is 1.65. The van der Waals surface area contributed by atoms with Crippen molar-refractivity contribution in [1.82, 2.24) is 10.2 Å². The minimum atomic E-state index is -0.522. The average Bonchev–Trinajstić information content (AvgIpc) is 2.42. The predicted molar refractivity (Wildman–Crippen MR) is 75.4 cm³/mol. The highest BCUT2D eigenvalue weighted by atomic mass is 16.2. The van der Waals surface area contributed by atoms with Gasteiger partial charge in [-0.3, -0.25) is 9.59 Å². The summed E-state index contributed by atoms with van der Waals surface area (Å²) in [6.45, 7) is 7.36. The summed E-state index contributed by atoms with van der Waals surface area (Å²) in [4.78, 5) is 25.3. The van der Waals surface area contributed by atoms with Crippen LogP contribution in [-0.4, -0.2) is 29.8 Å². The molecule has 0 aromatic heterocycles. The standard InChI is InChI=1S/C15H22N2O2/c1-4-17(11-13-8-6-5-7-9-13)15(19)14(18)16-10-12(2)3/h5-9,12H,4,10-11H2,1-3H3,(H,16,18). The van der Waals surface area contributed by atoms with E-state index in [1.807, 2.05) is 51.1 Å². The van der Waals surface area contributed by atoms with Crippen molar-refractivity contribution in [1.29, 1.82) is 0 Å². The lowest BCUT2D eigenvalue weighted by Crippen LogP contribution is -2.43. The van der Waals surface area contributed by atoms with Crippen LogP contribution >= 0.6 is 0 Å². The number of likely N-dealkylation sites (N-methyl/N-ethyl adjacent to an activating group) is 1. The van der Waals surface area contributed by atoms with E-state index < -0.39 is 11.8 Å². The molecule has 0 saturated heterocycles. The molecule has 0 radical (unpaired) electrons. The Morgan fingerprint density at radius 3 is 2.37 bits per heavy atom. The van der Waals surface area contributed by atoms with Gasteiger partial charge < -0.3 is 10.2 Å². The molecule has 4 heteroatoms. The van der Waals surface area contributed by atoms with Crippen LogP contribution in [0.1, 0.15) is 26.3 Å². The summed E-state index contributed by atoms with van der Waals surface area (Å²) in [7, 11) is 0. The fourth-order valence-electron chi connectivity index (χ4n) is 1.65. The van der Waals surface area contributed by atoms with Crippen LogP contribution in [0.5, 0.6) is 0 Å². The molecule has 0 unspecified atom stereocenters. The largest absolute Gasteiger partial charge is 0.348 e. The first-order valence-corrected chi connectivity index (χ1v) is 6.65. The lowest BCUT2D eigenvalue weighted by Gasteiger charge is -2.20. The molecule has 0 aliphatic rings. The molecule has 4 nitrogen and oxygen atoms in total. The summed E-state index contributed by atoms with van der Waals surface area (Å²) >= 11 is 0. The summed E-state index contributed by atoms with van der Waals surface area (Å²) in [6.07, 6.45) is 0. The summed E-state index contributed by atoms with van der Waals surface area (Å²) in [5, 5.41) is 2.65. The summed E-state index contributed by atoms with van der Waals surface area (Å²) in [5.74, 6) is -0.653.